The van der Waals surface area contributed by atoms with Gasteiger partial charge in [-0.15, -0.1) is 0 Å². The van der Waals surface area contributed by atoms with E-state index in [2.05, 4.69) is 15.2 Å². The number of fused-ring (bicyclic) bond motifs is 1. The number of benzene rings is 1. The molecule has 1 amide bonds. The normalized spacial score (nSPS) is 19.5. The van der Waals surface area contributed by atoms with E-state index in [0.717, 1.165) is 30.3 Å². The first-order chi connectivity index (χ1) is 13.1. The zero-order chi connectivity index (χ0) is 18.8. The largest absolute Gasteiger partial charge is 0.378 e. The van der Waals surface area contributed by atoms with Crippen LogP contribution in [0.15, 0.2) is 24.4 Å². The number of morpholine rings is 1. The van der Waals surface area contributed by atoms with Gasteiger partial charge < -0.3 is 15.0 Å². The fourth-order valence-corrected chi connectivity index (χ4v) is 3.64. The Labute approximate surface area is 161 Å². The van der Waals surface area contributed by atoms with Crippen molar-refractivity contribution in [3.05, 3.63) is 46.5 Å². The first kappa shape index (κ1) is 18.1. The number of carbonyl (C=O) groups is 1. The van der Waals surface area contributed by atoms with E-state index >= 15 is 0 Å². The van der Waals surface area contributed by atoms with E-state index < -0.39 is 5.82 Å². The number of aryl methyl sites for hydroxylation is 1. The Morgan fingerprint density at radius 3 is 2.96 bits per heavy atom. The average Bonchev–Trinajstić information content (AvgIpc) is 2.70. The topological polar surface area (TPSA) is 67.4 Å². The molecule has 1 N–H and O–H groups in total. The van der Waals surface area contributed by atoms with E-state index in [1.807, 2.05) is 6.20 Å². The number of aromatic nitrogens is 2. The molecule has 27 heavy (non-hydrogen) atoms. The number of carbonyl (C=O) groups excluding carboxylic acids is 1. The van der Waals surface area contributed by atoms with Crippen LogP contribution in [-0.2, 0) is 22.4 Å². The monoisotopic (exact) mass is 390 g/mol. The predicted molar refractivity (Wildman–Crippen MR) is 101 cm³/mol. The number of amides is 1. The lowest BCUT2D eigenvalue weighted by atomic mass is 9.86. The van der Waals surface area contributed by atoms with Crippen LogP contribution in [0.25, 0.3) is 0 Å². The number of anilines is 2. The molecule has 2 heterocycles. The summed E-state index contributed by atoms with van der Waals surface area (Å²) in [4.78, 5) is 23.8. The van der Waals surface area contributed by atoms with Crippen molar-refractivity contribution in [1.82, 2.24) is 9.97 Å². The summed E-state index contributed by atoms with van der Waals surface area (Å²) in [5.41, 5.74) is 2.08. The molecule has 6 nitrogen and oxygen atoms in total. The summed E-state index contributed by atoms with van der Waals surface area (Å²) in [6.45, 7) is 2.94. The molecule has 0 saturated carbocycles. The summed E-state index contributed by atoms with van der Waals surface area (Å²) in [6, 6.07) is 4.12. The summed E-state index contributed by atoms with van der Waals surface area (Å²) in [7, 11) is 0. The van der Waals surface area contributed by atoms with Crippen LogP contribution in [0, 0.1) is 11.7 Å². The van der Waals surface area contributed by atoms with Gasteiger partial charge in [0.05, 0.1) is 18.9 Å². The Bertz CT molecular complexity index is 858. The van der Waals surface area contributed by atoms with Crippen LogP contribution in [0.4, 0.5) is 16.0 Å². The van der Waals surface area contributed by atoms with E-state index in [1.54, 1.807) is 0 Å². The quantitative estimate of drug-likeness (QED) is 0.872. The molecule has 1 aliphatic carbocycles. The summed E-state index contributed by atoms with van der Waals surface area (Å²) in [5.74, 6) is -0.226. The van der Waals surface area contributed by atoms with E-state index in [0.29, 0.717) is 37.5 Å². The molecule has 1 fully saturated rings. The smallest absolute Gasteiger partial charge is 0.227 e. The molecule has 0 radical (unpaired) electrons. The Hall–Kier alpha value is -2.25. The van der Waals surface area contributed by atoms with Crippen LogP contribution in [0.2, 0.25) is 5.02 Å². The zero-order valence-electron chi connectivity index (χ0n) is 14.8. The Morgan fingerprint density at radius 1 is 1.33 bits per heavy atom. The highest BCUT2D eigenvalue weighted by atomic mass is 35.5. The average molecular weight is 391 g/mol. The van der Waals surface area contributed by atoms with Gasteiger partial charge in [-0.25, -0.2) is 14.4 Å². The number of rotatable bonds is 3. The fourth-order valence-electron chi connectivity index (χ4n) is 3.46. The molecule has 1 aromatic heterocycles. The molecule has 1 atom stereocenters. The van der Waals surface area contributed by atoms with Gasteiger partial charge in [0.1, 0.15) is 5.82 Å². The lowest BCUT2D eigenvalue weighted by Gasteiger charge is -2.28. The number of nitrogens with one attached hydrogen (secondary N) is 1. The third-order valence-corrected chi connectivity index (χ3v) is 5.22. The molecule has 1 saturated heterocycles. The molecule has 1 aliphatic heterocycles. The molecule has 4 rings (SSSR count). The van der Waals surface area contributed by atoms with E-state index in [4.69, 9.17) is 21.3 Å². The van der Waals surface area contributed by atoms with Crippen molar-refractivity contribution in [3.63, 3.8) is 0 Å². The van der Waals surface area contributed by atoms with Gasteiger partial charge in [-0.2, -0.15) is 0 Å². The lowest BCUT2D eigenvalue weighted by Crippen LogP contribution is -2.38. The molecule has 8 heteroatoms. The molecular weight excluding hydrogens is 371 g/mol. The molecule has 0 spiro atoms. The van der Waals surface area contributed by atoms with Gasteiger partial charge in [-0.1, -0.05) is 11.6 Å². The summed E-state index contributed by atoms with van der Waals surface area (Å²) >= 11 is 5.89. The minimum Gasteiger partial charge on any atom is -0.378 e. The van der Waals surface area contributed by atoms with Gasteiger partial charge in [0, 0.05) is 35.9 Å². The van der Waals surface area contributed by atoms with Crippen LogP contribution >= 0.6 is 11.6 Å². The maximum absolute atomic E-state index is 13.9. The van der Waals surface area contributed by atoms with Gasteiger partial charge in [-0.05, 0) is 43.0 Å². The van der Waals surface area contributed by atoms with Gasteiger partial charge in [-0.3, -0.25) is 4.79 Å². The van der Waals surface area contributed by atoms with Crippen molar-refractivity contribution in [1.29, 1.82) is 0 Å². The van der Waals surface area contributed by atoms with E-state index in [1.165, 1.54) is 18.2 Å². The second-order valence-corrected chi connectivity index (χ2v) is 7.23. The third kappa shape index (κ3) is 4.04. The van der Waals surface area contributed by atoms with Crippen molar-refractivity contribution in [2.45, 2.75) is 19.3 Å². The SMILES string of the molecule is O=C(Nc1cc(Cl)ccc1F)[C@H]1CCc2nc(N3CCOCC3)ncc2C1. The molecule has 1 aromatic carbocycles. The van der Waals surface area contributed by atoms with Crippen molar-refractivity contribution in [2.75, 3.05) is 36.5 Å². The highest BCUT2D eigenvalue weighted by Crippen LogP contribution is 2.27. The number of nitrogens with zero attached hydrogens (tertiary/aromatic N) is 3. The minimum atomic E-state index is -0.498. The molecule has 2 aromatic rings. The number of halogens is 2. The van der Waals surface area contributed by atoms with Crippen molar-refractivity contribution in [2.24, 2.45) is 5.92 Å². The van der Waals surface area contributed by atoms with Gasteiger partial charge in [0.25, 0.3) is 0 Å². The maximum Gasteiger partial charge on any atom is 0.227 e. The fraction of sp³-hybridized carbons (Fsp3) is 0.421. The Balaban J connectivity index is 1.44. The van der Waals surface area contributed by atoms with Gasteiger partial charge in [0.2, 0.25) is 11.9 Å². The van der Waals surface area contributed by atoms with Crippen LogP contribution in [0.5, 0.6) is 0 Å². The van der Waals surface area contributed by atoms with Crippen LogP contribution < -0.4 is 10.2 Å². The van der Waals surface area contributed by atoms with Crippen molar-refractivity contribution >= 4 is 29.1 Å². The highest BCUT2D eigenvalue weighted by Gasteiger charge is 2.27. The zero-order valence-corrected chi connectivity index (χ0v) is 15.5. The molecular formula is C19H20ClFN4O2. The minimum absolute atomic E-state index is 0.109. The second kappa shape index (κ2) is 7.78. The first-order valence-corrected chi connectivity index (χ1v) is 9.41. The van der Waals surface area contributed by atoms with Crippen LogP contribution in [0.3, 0.4) is 0 Å². The molecule has 142 valence electrons. The van der Waals surface area contributed by atoms with Crippen molar-refractivity contribution < 1.29 is 13.9 Å². The van der Waals surface area contributed by atoms with Gasteiger partial charge in [0.15, 0.2) is 0 Å². The second-order valence-electron chi connectivity index (χ2n) is 6.79. The highest BCUT2D eigenvalue weighted by molar-refractivity contribution is 6.30. The first-order valence-electron chi connectivity index (χ1n) is 9.03. The predicted octanol–water partition coefficient (Wildman–Crippen LogP) is 2.85. The van der Waals surface area contributed by atoms with Crippen LogP contribution in [0.1, 0.15) is 17.7 Å². The third-order valence-electron chi connectivity index (χ3n) is 4.99. The van der Waals surface area contributed by atoms with E-state index in [9.17, 15) is 9.18 Å². The lowest BCUT2D eigenvalue weighted by molar-refractivity contribution is -0.120. The van der Waals surface area contributed by atoms with Crippen molar-refractivity contribution in [3.8, 4) is 0 Å². The molecule has 2 aliphatic rings. The summed E-state index contributed by atoms with van der Waals surface area (Å²) in [5, 5.41) is 3.03. The molecule has 0 bridgehead atoms. The standard InChI is InChI=1S/C19H20ClFN4O2/c20-14-2-3-15(21)17(10-14)23-18(26)12-1-4-16-13(9-12)11-22-19(24-16)25-5-7-27-8-6-25/h2-3,10-12H,1,4-9H2,(H,23,26)/t12-/m0/s1. The van der Waals surface area contributed by atoms with Gasteiger partial charge >= 0.3 is 0 Å². The summed E-state index contributed by atoms with van der Waals surface area (Å²) in [6.07, 6.45) is 3.73. The Morgan fingerprint density at radius 2 is 2.15 bits per heavy atom. The molecule has 0 unspecified atom stereocenters. The van der Waals surface area contributed by atoms with Crippen LogP contribution in [-0.4, -0.2) is 42.2 Å². The number of hydrogen-bond acceptors (Lipinski definition) is 5. The van der Waals surface area contributed by atoms with E-state index in [-0.39, 0.29) is 17.5 Å². The number of hydrogen-bond donors (Lipinski definition) is 1. The number of ether oxygens (including phenoxy) is 1. The Kier molecular flexibility index (Phi) is 5.22. The summed E-state index contributed by atoms with van der Waals surface area (Å²) < 4.78 is 19.2. The maximum atomic E-state index is 13.9.